The molecule has 0 saturated heterocycles. The third-order valence-corrected chi connectivity index (χ3v) is 5.33. The molecule has 0 radical (unpaired) electrons. The van der Waals surface area contributed by atoms with E-state index in [-0.39, 0.29) is 17.6 Å². The highest BCUT2D eigenvalue weighted by atomic mass is 35.5. The number of hydrogen-bond donors (Lipinski definition) is 1. The van der Waals surface area contributed by atoms with Crippen LogP contribution in [0.5, 0.6) is 5.75 Å². The van der Waals surface area contributed by atoms with Crippen molar-refractivity contribution in [2.45, 2.75) is 57.2 Å². The van der Waals surface area contributed by atoms with Crippen LogP contribution in [0.25, 0.3) is 0 Å². The summed E-state index contributed by atoms with van der Waals surface area (Å²) in [5, 5.41) is 11.4. The molecule has 20 heavy (non-hydrogen) atoms. The maximum atomic E-state index is 10.3. The second-order valence-corrected chi connectivity index (χ2v) is 6.98. The Morgan fingerprint density at radius 3 is 2.15 bits per heavy atom. The zero-order chi connectivity index (χ0) is 14.2. The predicted octanol–water partition coefficient (Wildman–Crippen LogP) is 4.85. The minimum atomic E-state index is -0.222. The van der Waals surface area contributed by atoms with Crippen LogP contribution < -0.4 is 4.74 Å². The number of aliphatic hydroxyl groups is 1. The molecule has 0 bridgehead atoms. The van der Waals surface area contributed by atoms with Gasteiger partial charge in [0, 0.05) is 21.9 Å². The summed E-state index contributed by atoms with van der Waals surface area (Å²) < 4.78 is 6.10. The van der Waals surface area contributed by atoms with Crippen molar-refractivity contribution in [3.8, 4) is 5.75 Å². The number of aliphatic hydroxyl groups excluding tert-OH is 1. The van der Waals surface area contributed by atoms with Gasteiger partial charge in [-0.25, -0.2) is 0 Å². The lowest BCUT2D eigenvalue weighted by atomic mass is 9.59. The second-order valence-electron chi connectivity index (χ2n) is 6.11. The molecular weight excluding hydrogens is 295 g/mol. The van der Waals surface area contributed by atoms with Gasteiger partial charge in [-0.05, 0) is 31.0 Å². The van der Waals surface area contributed by atoms with Crippen LogP contribution in [0.3, 0.4) is 0 Å². The van der Waals surface area contributed by atoms with E-state index >= 15 is 0 Å². The van der Waals surface area contributed by atoms with Gasteiger partial charge < -0.3 is 9.84 Å². The van der Waals surface area contributed by atoms with E-state index in [0.29, 0.717) is 22.2 Å². The summed E-state index contributed by atoms with van der Waals surface area (Å²) in [5.74, 6) is 0.711. The Hall–Kier alpha value is -0.440. The average molecular weight is 315 g/mol. The minimum absolute atomic E-state index is 0.0503. The van der Waals surface area contributed by atoms with Gasteiger partial charge in [0.2, 0.25) is 0 Å². The molecule has 2 aliphatic carbocycles. The molecule has 2 aliphatic rings. The predicted molar refractivity (Wildman–Crippen MR) is 81.6 cm³/mol. The lowest BCUT2D eigenvalue weighted by molar-refractivity contribution is -0.163. The largest absolute Gasteiger partial charge is 0.490 e. The van der Waals surface area contributed by atoms with E-state index in [9.17, 15) is 5.11 Å². The van der Waals surface area contributed by atoms with Crippen molar-refractivity contribution < 1.29 is 9.84 Å². The first-order valence-electron chi connectivity index (χ1n) is 7.41. The van der Waals surface area contributed by atoms with Crippen LogP contribution in [0.4, 0.5) is 0 Å². The molecule has 0 aromatic heterocycles. The van der Waals surface area contributed by atoms with Gasteiger partial charge in [-0.2, -0.15) is 0 Å². The maximum absolute atomic E-state index is 10.3. The van der Waals surface area contributed by atoms with Crippen LogP contribution in [-0.2, 0) is 0 Å². The van der Waals surface area contributed by atoms with E-state index < -0.39 is 0 Å². The normalized spacial score (nSPS) is 28.8. The van der Waals surface area contributed by atoms with Gasteiger partial charge in [-0.15, -0.1) is 0 Å². The van der Waals surface area contributed by atoms with Gasteiger partial charge in [0.05, 0.1) is 6.10 Å². The number of benzene rings is 1. The molecule has 2 nitrogen and oxygen atoms in total. The van der Waals surface area contributed by atoms with Crippen molar-refractivity contribution in [1.82, 2.24) is 0 Å². The van der Waals surface area contributed by atoms with Crippen molar-refractivity contribution in [2.75, 3.05) is 0 Å². The lowest BCUT2D eigenvalue weighted by Crippen LogP contribution is -2.59. The zero-order valence-electron chi connectivity index (χ0n) is 11.4. The number of halogens is 2. The molecule has 1 aromatic rings. The SMILES string of the molecule is OC1CC(Oc2cc(Cl)cc(Cl)c2)C12CCCCCC2. The molecule has 2 unspecified atom stereocenters. The summed E-state index contributed by atoms with van der Waals surface area (Å²) in [7, 11) is 0. The molecule has 0 heterocycles. The molecule has 2 fully saturated rings. The second kappa shape index (κ2) is 5.75. The molecule has 1 aromatic carbocycles. The molecule has 0 amide bonds. The third kappa shape index (κ3) is 2.66. The van der Waals surface area contributed by atoms with Crippen molar-refractivity contribution in [1.29, 1.82) is 0 Å². The van der Waals surface area contributed by atoms with Crippen molar-refractivity contribution >= 4 is 23.2 Å². The fourth-order valence-corrected chi connectivity index (χ4v) is 4.20. The summed E-state index contributed by atoms with van der Waals surface area (Å²) in [6, 6.07) is 5.29. The van der Waals surface area contributed by atoms with E-state index in [4.69, 9.17) is 27.9 Å². The summed E-state index contributed by atoms with van der Waals surface area (Å²) in [5.41, 5.74) is -0.0503. The Kier molecular flexibility index (Phi) is 4.16. The quantitative estimate of drug-likeness (QED) is 0.845. The highest BCUT2D eigenvalue weighted by Gasteiger charge is 2.55. The monoisotopic (exact) mass is 314 g/mol. The van der Waals surface area contributed by atoms with E-state index in [0.717, 1.165) is 12.8 Å². The van der Waals surface area contributed by atoms with Gasteiger partial charge >= 0.3 is 0 Å². The molecule has 4 heteroatoms. The fourth-order valence-electron chi connectivity index (χ4n) is 3.69. The summed E-state index contributed by atoms with van der Waals surface area (Å²) >= 11 is 12.0. The molecule has 1 spiro atoms. The van der Waals surface area contributed by atoms with E-state index in [1.165, 1.54) is 25.7 Å². The topological polar surface area (TPSA) is 29.5 Å². The standard InChI is InChI=1S/C16H20Cl2O2/c17-11-7-12(18)9-13(8-11)20-15-10-14(19)16(15)5-3-1-2-4-6-16/h7-9,14-15,19H,1-6,10H2. The minimum Gasteiger partial charge on any atom is -0.490 e. The van der Waals surface area contributed by atoms with Gasteiger partial charge in [0.1, 0.15) is 11.9 Å². The number of rotatable bonds is 2. The van der Waals surface area contributed by atoms with Crippen LogP contribution in [0, 0.1) is 5.41 Å². The highest BCUT2D eigenvalue weighted by molar-refractivity contribution is 6.34. The van der Waals surface area contributed by atoms with Gasteiger partial charge in [-0.1, -0.05) is 48.9 Å². The molecule has 1 N–H and O–H groups in total. The number of ether oxygens (including phenoxy) is 1. The molecule has 0 aliphatic heterocycles. The van der Waals surface area contributed by atoms with Crippen molar-refractivity contribution in [3.63, 3.8) is 0 Å². The molecular formula is C16H20Cl2O2. The van der Waals surface area contributed by atoms with Crippen LogP contribution in [-0.4, -0.2) is 17.3 Å². The third-order valence-electron chi connectivity index (χ3n) is 4.89. The Bertz CT molecular complexity index is 461. The summed E-state index contributed by atoms with van der Waals surface area (Å²) in [6.45, 7) is 0. The van der Waals surface area contributed by atoms with Crippen LogP contribution in [0.1, 0.15) is 44.9 Å². The first-order chi connectivity index (χ1) is 9.60. The maximum Gasteiger partial charge on any atom is 0.122 e. The van der Waals surface area contributed by atoms with Crippen LogP contribution >= 0.6 is 23.2 Å². The average Bonchev–Trinajstić information content (AvgIpc) is 2.65. The van der Waals surface area contributed by atoms with E-state index in [1.807, 2.05) is 0 Å². The molecule has 2 atom stereocenters. The Balaban J connectivity index is 1.76. The Morgan fingerprint density at radius 2 is 1.60 bits per heavy atom. The molecule has 110 valence electrons. The fraction of sp³-hybridized carbons (Fsp3) is 0.625. The van der Waals surface area contributed by atoms with E-state index in [1.54, 1.807) is 18.2 Å². The van der Waals surface area contributed by atoms with E-state index in [2.05, 4.69) is 0 Å². The first-order valence-corrected chi connectivity index (χ1v) is 8.16. The summed E-state index contributed by atoms with van der Waals surface area (Å²) in [4.78, 5) is 0. The molecule has 2 saturated carbocycles. The van der Waals surface area contributed by atoms with Gasteiger partial charge in [0.15, 0.2) is 0 Å². The van der Waals surface area contributed by atoms with Crippen LogP contribution in [0.2, 0.25) is 10.0 Å². The first kappa shape index (κ1) is 14.5. The van der Waals surface area contributed by atoms with Gasteiger partial charge in [-0.3, -0.25) is 0 Å². The zero-order valence-corrected chi connectivity index (χ0v) is 13.0. The van der Waals surface area contributed by atoms with Crippen molar-refractivity contribution in [3.05, 3.63) is 28.2 Å². The summed E-state index contributed by atoms with van der Waals surface area (Å²) in [6.07, 6.45) is 7.62. The smallest absolute Gasteiger partial charge is 0.122 e. The van der Waals surface area contributed by atoms with Gasteiger partial charge in [0.25, 0.3) is 0 Å². The molecule has 3 rings (SSSR count). The Morgan fingerprint density at radius 1 is 1.00 bits per heavy atom. The Labute approximate surface area is 130 Å². The van der Waals surface area contributed by atoms with Crippen molar-refractivity contribution in [2.24, 2.45) is 5.41 Å². The number of hydrogen-bond acceptors (Lipinski definition) is 2. The van der Waals surface area contributed by atoms with Crippen LogP contribution in [0.15, 0.2) is 18.2 Å². The lowest BCUT2D eigenvalue weighted by Gasteiger charge is -2.53. The highest BCUT2D eigenvalue weighted by Crippen LogP contribution is 2.52.